The number of nitrogens with two attached hydrogens (primary N) is 1. The molecule has 0 aliphatic carbocycles. The van der Waals surface area contributed by atoms with Crippen LogP contribution in [0.25, 0.3) is 0 Å². The molecule has 4 N–H and O–H groups in total. The molecule has 6 nitrogen and oxygen atoms in total. The molecule has 0 saturated carbocycles. The normalized spacial score (nSPS) is 6.47. The molecule has 0 aromatic rings. The molecule has 84 valence electrons. The Morgan fingerprint density at radius 1 is 1.60 bits per heavy atom. The lowest BCUT2D eigenvalue weighted by atomic mass is 10.4. The highest BCUT2D eigenvalue weighted by atomic mass is 16.4. The van der Waals surface area contributed by atoms with Gasteiger partial charge >= 0.3 is 5.97 Å². The number of carbonyl (C=O) groups is 2. The Morgan fingerprint density at radius 3 is 1.87 bits per heavy atom. The lowest BCUT2D eigenvalue weighted by Crippen LogP contribution is -2.07. The van der Waals surface area contributed by atoms with E-state index in [2.05, 4.69) is 13.2 Å². The Morgan fingerprint density at radius 2 is 1.87 bits per heavy atom. The van der Waals surface area contributed by atoms with Crippen LogP contribution >= 0.6 is 0 Å². The van der Waals surface area contributed by atoms with E-state index in [9.17, 15) is 9.59 Å². The van der Waals surface area contributed by atoms with Crippen molar-refractivity contribution in [3.8, 4) is 0 Å². The number of amides is 1. The summed E-state index contributed by atoms with van der Waals surface area (Å²) >= 11 is 0. The van der Waals surface area contributed by atoms with Crippen LogP contribution in [0.2, 0.25) is 0 Å². The van der Waals surface area contributed by atoms with Crippen LogP contribution in [0, 0.1) is 5.41 Å². The van der Waals surface area contributed by atoms with E-state index in [-0.39, 0.29) is 17.9 Å². The summed E-state index contributed by atoms with van der Waals surface area (Å²) in [6.07, 6.45) is 2.50. The quantitative estimate of drug-likeness (QED) is 0.275. The summed E-state index contributed by atoms with van der Waals surface area (Å²) in [5.41, 5.74) is 4.87. The van der Waals surface area contributed by atoms with Crippen molar-refractivity contribution < 1.29 is 19.5 Å². The average Bonchev–Trinajstić information content (AvgIpc) is 2.05. The lowest BCUT2D eigenvalue weighted by Gasteiger charge is -1.79. The molecule has 0 aliphatic heterocycles. The maximum Gasteiger partial charge on any atom is 0.330 e. The lowest BCUT2D eigenvalue weighted by molar-refractivity contribution is -0.132. The van der Waals surface area contributed by atoms with Crippen LogP contribution in [0.15, 0.2) is 24.8 Å². The van der Waals surface area contributed by atoms with Crippen molar-refractivity contribution in [2.45, 2.75) is 13.3 Å². The summed E-state index contributed by atoms with van der Waals surface area (Å²) in [6, 6.07) is 0. The van der Waals surface area contributed by atoms with Crippen molar-refractivity contribution in [2.75, 3.05) is 0 Å². The van der Waals surface area contributed by atoms with Gasteiger partial charge < -0.3 is 10.8 Å². The van der Waals surface area contributed by atoms with E-state index in [1.165, 1.54) is 13.0 Å². The van der Waals surface area contributed by atoms with Gasteiger partial charge in [-0.1, -0.05) is 12.7 Å². The number of hydrogen-bond acceptors (Lipinski definition) is 4. The van der Waals surface area contributed by atoms with E-state index >= 15 is 0 Å². The van der Waals surface area contributed by atoms with Crippen LogP contribution in [-0.2, 0) is 14.4 Å². The number of nitrogens with one attached hydrogen (secondary N) is 1. The first-order valence-corrected chi connectivity index (χ1v) is 3.65. The van der Waals surface area contributed by atoms with Gasteiger partial charge in [-0.15, -0.1) is 6.58 Å². The Kier molecular flexibility index (Phi) is 17.7. The molecule has 0 atom stereocenters. The van der Waals surface area contributed by atoms with Gasteiger partial charge in [0.15, 0.2) is 0 Å². The van der Waals surface area contributed by atoms with Gasteiger partial charge in [-0.3, -0.25) is 4.79 Å². The first kappa shape index (κ1) is 18.6. The number of primary amides is 1. The molecule has 0 aliphatic rings. The minimum absolute atomic E-state index is 0.176. The molecule has 0 fully saturated rings. The zero-order valence-corrected chi connectivity index (χ0v) is 8.45. The van der Waals surface area contributed by atoms with Crippen LogP contribution in [0.3, 0.4) is 0 Å². The topological polar surface area (TPSA) is 121 Å². The number of isocyanates is 1. The molecule has 6 heteroatoms. The Balaban J connectivity index is -0.000000153. The molecule has 0 spiro atoms. The van der Waals surface area contributed by atoms with E-state index in [4.69, 9.17) is 21.0 Å². The molecule has 0 heterocycles. The summed E-state index contributed by atoms with van der Waals surface area (Å²) in [7, 11) is 0. The van der Waals surface area contributed by atoms with Gasteiger partial charge in [0.25, 0.3) is 0 Å². The van der Waals surface area contributed by atoms with Crippen molar-refractivity contribution in [1.29, 1.82) is 5.41 Å². The number of hydrogen-bond donors (Lipinski definition) is 3. The minimum atomic E-state index is -0.935. The third-order valence-electron chi connectivity index (χ3n) is 0.711. The first-order valence-electron chi connectivity index (χ1n) is 3.65. The highest BCUT2D eigenvalue weighted by Gasteiger charge is 1.90. The second kappa shape index (κ2) is 14.3. The molecule has 15 heavy (non-hydrogen) atoms. The van der Waals surface area contributed by atoms with Crippen LogP contribution in [-0.4, -0.2) is 23.1 Å². The molecule has 0 unspecified atom stereocenters. The molecule has 0 aromatic carbocycles. The summed E-state index contributed by atoms with van der Waals surface area (Å²) in [6.45, 7) is 7.90. The maximum absolute atomic E-state index is 9.75. The third kappa shape index (κ3) is 49.2. The van der Waals surface area contributed by atoms with Crippen LogP contribution in [0.4, 0.5) is 0 Å². The van der Waals surface area contributed by atoms with Crippen molar-refractivity contribution >= 4 is 18.0 Å². The number of carboxylic acid groups (broad SMARTS) is 1. The fraction of sp³-hybridized carbons (Fsp3) is 0.222. The first-order chi connectivity index (χ1) is 6.83. The predicted molar refractivity (Wildman–Crippen MR) is 54.9 cm³/mol. The molecule has 0 bridgehead atoms. The highest BCUT2D eigenvalue weighted by Crippen LogP contribution is 1.81. The van der Waals surface area contributed by atoms with Gasteiger partial charge in [0.2, 0.25) is 12.0 Å². The Labute approximate surface area is 87.6 Å². The van der Waals surface area contributed by atoms with E-state index in [0.717, 1.165) is 6.08 Å². The Bertz CT molecular complexity index is 253. The van der Waals surface area contributed by atoms with E-state index in [0.29, 0.717) is 0 Å². The number of carbonyl (C=O) groups excluding carboxylic acids is 2. The van der Waals surface area contributed by atoms with E-state index in [1.807, 2.05) is 0 Å². The minimum Gasteiger partial charge on any atom is -0.478 e. The molecule has 0 aromatic heterocycles. The third-order valence-corrected chi connectivity index (χ3v) is 0.711. The predicted octanol–water partition coefficient (Wildman–Crippen LogP) is 0.596. The van der Waals surface area contributed by atoms with E-state index < -0.39 is 5.97 Å². The second-order valence-electron chi connectivity index (χ2n) is 2.15. The highest BCUT2D eigenvalue weighted by molar-refractivity contribution is 5.84. The van der Waals surface area contributed by atoms with Gasteiger partial charge in [-0.25, -0.2) is 15.0 Å². The molecule has 0 radical (unpaired) electrons. The van der Waals surface area contributed by atoms with Crippen molar-refractivity contribution in [1.82, 2.24) is 0 Å². The van der Waals surface area contributed by atoms with Crippen molar-refractivity contribution in [2.24, 2.45) is 5.73 Å². The monoisotopic (exact) mass is 214 g/mol. The van der Waals surface area contributed by atoms with Gasteiger partial charge in [-0.2, -0.15) is 0 Å². The van der Waals surface area contributed by atoms with Gasteiger partial charge in [0, 0.05) is 12.0 Å². The van der Waals surface area contributed by atoms with Gasteiger partial charge in [-0.05, 0) is 6.92 Å². The maximum atomic E-state index is 9.75. The SMILES string of the molecule is C=C(C)C(=O)O.C=CCC(N)=O.N=C=O. The summed E-state index contributed by atoms with van der Waals surface area (Å²) < 4.78 is 0. The largest absolute Gasteiger partial charge is 0.478 e. The molecule has 0 rings (SSSR count). The summed E-state index contributed by atoms with van der Waals surface area (Å²) in [5.74, 6) is -1.26. The number of aliphatic carboxylic acids is 1. The van der Waals surface area contributed by atoms with E-state index in [1.54, 1.807) is 0 Å². The van der Waals surface area contributed by atoms with Crippen molar-refractivity contribution in [3.63, 3.8) is 0 Å². The molecular weight excluding hydrogens is 200 g/mol. The average molecular weight is 214 g/mol. The fourth-order valence-corrected chi connectivity index (χ4v) is 0.142. The number of carboxylic acids is 1. The molecular formula is C9H14N2O4. The van der Waals surface area contributed by atoms with Crippen LogP contribution in [0.1, 0.15) is 13.3 Å². The zero-order chi connectivity index (χ0) is 12.9. The summed E-state index contributed by atoms with van der Waals surface area (Å²) in [5, 5.41) is 13.3. The fourth-order valence-electron chi connectivity index (χ4n) is 0.142. The second-order valence-corrected chi connectivity index (χ2v) is 2.15. The molecule has 0 saturated heterocycles. The summed E-state index contributed by atoms with van der Waals surface area (Å²) in [4.78, 5) is 27.7. The van der Waals surface area contributed by atoms with Gasteiger partial charge in [0.1, 0.15) is 0 Å². The van der Waals surface area contributed by atoms with Crippen LogP contribution < -0.4 is 5.73 Å². The standard InChI is InChI=1S/C4H7NO.C4H6O2.CHNO/c1-2-3-4(5)6;1-3(2)4(5)6;2-1-3/h2H,1,3H2,(H2,5,6);1H2,2H3,(H,5,6);2H. The van der Waals surface area contributed by atoms with Crippen LogP contribution in [0.5, 0.6) is 0 Å². The number of rotatable bonds is 3. The zero-order valence-electron chi connectivity index (χ0n) is 8.45. The molecule has 1 amide bonds. The van der Waals surface area contributed by atoms with Crippen molar-refractivity contribution in [3.05, 3.63) is 24.8 Å². The smallest absolute Gasteiger partial charge is 0.330 e. The Hall–Kier alpha value is -2.20. The van der Waals surface area contributed by atoms with Gasteiger partial charge in [0.05, 0.1) is 0 Å².